The molecule has 4 heteroatoms. The molecule has 1 aromatic heterocycles. The van der Waals surface area contributed by atoms with Crippen LogP contribution in [0.3, 0.4) is 0 Å². The molecule has 0 aliphatic carbocycles. The van der Waals surface area contributed by atoms with E-state index in [1.54, 1.807) is 0 Å². The van der Waals surface area contributed by atoms with Gasteiger partial charge in [0.1, 0.15) is 0 Å². The Bertz CT molecular complexity index is 862. The summed E-state index contributed by atoms with van der Waals surface area (Å²) < 4.78 is 2.15. The SMILES string of the molecule is Cc1ccc(C)c2[cH-]c(-n3cccc3)cc12.Cc1ccc[c-]1C.[Cl-].[Cl-].[Ti+4]. The molecule has 0 N–H and O–H groups in total. The molecule has 26 heavy (non-hydrogen) atoms. The monoisotopic (exact) mass is 419 g/mol. The van der Waals surface area contributed by atoms with Crippen LogP contribution in [-0.2, 0) is 21.7 Å². The molecule has 0 amide bonds. The molecule has 0 saturated heterocycles. The Hall–Kier alpha value is -1.25. The normalized spacial score (nSPS) is 9.38. The molecule has 0 radical (unpaired) electrons. The van der Waals surface area contributed by atoms with Crippen LogP contribution < -0.4 is 24.8 Å². The Morgan fingerprint density at radius 3 is 1.96 bits per heavy atom. The second kappa shape index (κ2) is 10.8. The van der Waals surface area contributed by atoms with E-state index in [0.717, 1.165) is 0 Å². The summed E-state index contributed by atoms with van der Waals surface area (Å²) in [5.41, 5.74) is 6.72. The molecular weight excluding hydrogens is 397 g/mol. The molecule has 4 rings (SSSR count). The van der Waals surface area contributed by atoms with Crippen LogP contribution in [0.4, 0.5) is 0 Å². The number of aryl methyl sites for hydroxylation is 4. The van der Waals surface area contributed by atoms with Crippen LogP contribution in [0.25, 0.3) is 16.5 Å². The summed E-state index contributed by atoms with van der Waals surface area (Å²) in [4.78, 5) is 0. The van der Waals surface area contributed by atoms with E-state index in [2.05, 4.69) is 99.3 Å². The Morgan fingerprint density at radius 1 is 0.885 bits per heavy atom. The minimum Gasteiger partial charge on any atom is -1.00 e. The Morgan fingerprint density at radius 2 is 1.50 bits per heavy atom. The van der Waals surface area contributed by atoms with E-state index >= 15 is 0 Å². The average Bonchev–Trinajstić information content (AvgIpc) is 3.25. The molecule has 134 valence electrons. The second-order valence-electron chi connectivity index (χ2n) is 6.22. The fourth-order valence-corrected chi connectivity index (χ4v) is 2.83. The third-order valence-corrected chi connectivity index (χ3v) is 4.52. The molecule has 0 aliphatic heterocycles. The van der Waals surface area contributed by atoms with E-state index in [0.29, 0.717) is 0 Å². The number of rotatable bonds is 1. The summed E-state index contributed by atoms with van der Waals surface area (Å²) in [5, 5.41) is 2.73. The maximum absolute atomic E-state index is 2.26. The molecule has 0 aliphatic rings. The van der Waals surface area contributed by atoms with Crippen molar-refractivity contribution in [1.82, 2.24) is 4.57 Å². The molecule has 3 aromatic carbocycles. The van der Waals surface area contributed by atoms with Crippen LogP contribution >= 0.6 is 0 Å². The third kappa shape index (κ3) is 5.38. The maximum atomic E-state index is 2.26. The molecule has 0 atom stereocenters. The molecular formula is C22H23Cl2NTi. The molecule has 0 unspecified atom stereocenters. The Kier molecular flexibility index (Phi) is 10.3. The summed E-state index contributed by atoms with van der Waals surface area (Å²) in [6, 6.07) is 19.3. The van der Waals surface area contributed by atoms with Crippen molar-refractivity contribution in [2.75, 3.05) is 0 Å². The van der Waals surface area contributed by atoms with Crippen molar-refractivity contribution in [2.24, 2.45) is 0 Å². The predicted molar refractivity (Wildman–Crippen MR) is 99.9 cm³/mol. The minimum atomic E-state index is 0. The van der Waals surface area contributed by atoms with Gasteiger partial charge in [-0.1, -0.05) is 32.4 Å². The van der Waals surface area contributed by atoms with E-state index in [-0.39, 0.29) is 46.5 Å². The molecule has 4 aromatic rings. The van der Waals surface area contributed by atoms with Gasteiger partial charge in [0.2, 0.25) is 0 Å². The molecule has 1 heterocycles. The van der Waals surface area contributed by atoms with Crippen molar-refractivity contribution in [3.63, 3.8) is 0 Å². The largest absolute Gasteiger partial charge is 4.00 e. The summed E-state index contributed by atoms with van der Waals surface area (Å²) in [6.07, 6.45) is 4.16. The third-order valence-electron chi connectivity index (χ3n) is 4.52. The number of hydrogen-bond donors (Lipinski definition) is 0. The first kappa shape index (κ1) is 24.8. The van der Waals surface area contributed by atoms with Crippen molar-refractivity contribution in [1.29, 1.82) is 0 Å². The van der Waals surface area contributed by atoms with Gasteiger partial charge in [0.25, 0.3) is 0 Å². The summed E-state index contributed by atoms with van der Waals surface area (Å²) in [7, 11) is 0. The van der Waals surface area contributed by atoms with E-state index in [4.69, 9.17) is 0 Å². The summed E-state index contributed by atoms with van der Waals surface area (Å²) in [5.74, 6) is 0. The van der Waals surface area contributed by atoms with Gasteiger partial charge in [0.15, 0.2) is 0 Å². The summed E-state index contributed by atoms with van der Waals surface area (Å²) in [6.45, 7) is 8.58. The Balaban J connectivity index is 0.000000542. The zero-order valence-corrected chi connectivity index (χ0v) is 18.6. The van der Waals surface area contributed by atoms with Crippen LogP contribution in [0.2, 0.25) is 0 Å². The van der Waals surface area contributed by atoms with Crippen LogP contribution in [0.5, 0.6) is 0 Å². The molecule has 0 fully saturated rings. The van der Waals surface area contributed by atoms with Gasteiger partial charge in [-0.05, 0) is 24.7 Å². The van der Waals surface area contributed by atoms with Crippen molar-refractivity contribution >= 4 is 10.8 Å². The van der Waals surface area contributed by atoms with Gasteiger partial charge in [0.05, 0.1) is 0 Å². The number of hydrogen-bond acceptors (Lipinski definition) is 0. The maximum Gasteiger partial charge on any atom is 4.00 e. The van der Waals surface area contributed by atoms with Crippen LogP contribution in [0.15, 0.2) is 67.0 Å². The minimum absolute atomic E-state index is 0. The van der Waals surface area contributed by atoms with E-state index < -0.39 is 0 Å². The number of benzene rings is 1. The van der Waals surface area contributed by atoms with Gasteiger partial charge in [-0.15, -0.1) is 34.5 Å². The number of aromatic nitrogens is 1. The molecule has 1 nitrogen and oxygen atoms in total. The number of nitrogens with zero attached hydrogens (tertiary/aromatic N) is 1. The number of halogens is 2. The van der Waals surface area contributed by atoms with Crippen LogP contribution in [0.1, 0.15) is 22.3 Å². The van der Waals surface area contributed by atoms with Gasteiger partial charge >= 0.3 is 21.7 Å². The standard InChI is InChI=1S/C15H14N.C7H9.2ClH.Ti/c1-11-5-6-12(2)15-10-13(9-14(11)15)16-7-3-4-8-16;1-6-4-3-5-7(6)2;;;/h3-10H,1-2H3;3-5H,1-2H3;2*1H;/q2*-1;;;+4/p-2. The predicted octanol–water partition coefficient (Wildman–Crippen LogP) is -0.00592. The first-order chi connectivity index (χ1) is 11.1. The molecule has 0 bridgehead atoms. The van der Waals surface area contributed by atoms with Gasteiger partial charge in [-0.2, -0.15) is 17.2 Å². The first-order valence-corrected chi connectivity index (χ1v) is 8.05. The van der Waals surface area contributed by atoms with Gasteiger partial charge in [-0.25, -0.2) is 12.1 Å². The van der Waals surface area contributed by atoms with Crippen LogP contribution in [-0.4, -0.2) is 4.57 Å². The average molecular weight is 420 g/mol. The van der Waals surface area contributed by atoms with E-state index in [1.165, 1.54) is 38.7 Å². The van der Waals surface area contributed by atoms with Crippen molar-refractivity contribution in [2.45, 2.75) is 27.7 Å². The zero-order valence-electron chi connectivity index (χ0n) is 15.6. The van der Waals surface area contributed by atoms with E-state index in [9.17, 15) is 0 Å². The van der Waals surface area contributed by atoms with Gasteiger partial charge < -0.3 is 29.4 Å². The number of fused-ring (bicyclic) bond motifs is 1. The van der Waals surface area contributed by atoms with Crippen molar-refractivity contribution in [3.8, 4) is 5.69 Å². The van der Waals surface area contributed by atoms with Gasteiger partial charge in [0, 0.05) is 12.4 Å². The van der Waals surface area contributed by atoms with Gasteiger partial charge in [-0.3, -0.25) is 0 Å². The summed E-state index contributed by atoms with van der Waals surface area (Å²) >= 11 is 0. The van der Waals surface area contributed by atoms with Crippen molar-refractivity contribution < 1.29 is 46.5 Å². The smallest absolute Gasteiger partial charge is 1.00 e. The molecule has 0 saturated carbocycles. The topological polar surface area (TPSA) is 4.93 Å². The zero-order chi connectivity index (χ0) is 16.4. The first-order valence-electron chi connectivity index (χ1n) is 8.05. The van der Waals surface area contributed by atoms with Crippen molar-refractivity contribution in [3.05, 3.63) is 89.2 Å². The van der Waals surface area contributed by atoms with Crippen LogP contribution in [0, 0.1) is 27.7 Å². The second-order valence-corrected chi connectivity index (χ2v) is 6.22. The quantitative estimate of drug-likeness (QED) is 0.302. The van der Waals surface area contributed by atoms with E-state index in [1.807, 2.05) is 0 Å². The fourth-order valence-electron chi connectivity index (χ4n) is 2.83. The Labute approximate surface area is 183 Å². The molecule has 0 spiro atoms. The fraction of sp³-hybridized carbons (Fsp3) is 0.182.